The highest BCUT2D eigenvalue weighted by molar-refractivity contribution is 6.09. The van der Waals surface area contributed by atoms with Crippen LogP contribution < -0.4 is 0 Å². The van der Waals surface area contributed by atoms with Crippen LogP contribution in [0.5, 0.6) is 0 Å². The van der Waals surface area contributed by atoms with Gasteiger partial charge in [0.05, 0.1) is 12.1 Å². The van der Waals surface area contributed by atoms with Gasteiger partial charge in [-0.05, 0) is 23.3 Å². The molecular weight excluding hydrogens is 286 g/mol. The van der Waals surface area contributed by atoms with Gasteiger partial charge in [-0.1, -0.05) is 78.0 Å². The monoisotopic (exact) mass is 303 g/mol. The molecule has 0 fully saturated rings. The third kappa shape index (κ3) is 3.64. The number of rotatable bonds is 4. The standard InChI is InChI=1S/C20H17NO2/c1-15(18-13-7-11-17-10-5-6-12-19(17)18)21-23-20(22)14-16-8-3-2-4-9-16/h2-13H,14H2,1H3/b21-15+. The number of oxime groups is 1. The van der Waals surface area contributed by atoms with Gasteiger partial charge in [0.25, 0.3) is 0 Å². The van der Waals surface area contributed by atoms with Crippen molar-refractivity contribution in [3.63, 3.8) is 0 Å². The van der Waals surface area contributed by atoms with Crippen LogP contribution in [0.3, 0.4) is 0 Å². The van der Waals surface area contributed by atoms with E-state index in [9.17, 15) is 4.79 Å². The van der Waals surface area contributed by atoms with Crippen molar-refractivity contribution in [3.05, 3.63) is 83.9 Å². The summed E-state index contributed by atoms with van der Waals surface area (Å²) in [6.07, 6.45) is 0.215. The Balaban J connectivity index is 1.75. The summed E-state index contributed by atoms with van der Waals surface area (Å²) in [6, 6.07) is 23.6. The lowest BCUT2D eigenvalue weighted by Gasteiger charge is -2.06. The quantitative estimate of drug-likeness (QED) is 0.408. The van der Waals surface area contributed by atoms with Crippen molar-refractivity contribution < 1.29 is 9.63 Å². The molecule has 0 amide bonds. The van der Waals surface area contributed by atoms with Crippen LogP contribution in [0.25, 0.3) is 10.8 Å². The van der Waals surface area contributed by atoms with E-state index in [0.29, 0.717) is 5.71 Å². The zero-order valence-corrected chi connectivity index (χ0v) is 12.9. The molecule has 0 atom stereocenters. The van der Waals surface area contributed by atoms with Gasteiger partial charge >= 0.3 is 5.97 Å². The second kappa shape index (κ2) is 6.88. The average Bonchev–Trinajstić information content (AvgIpc) is 2.60. The number of hydrogen-bond acceptors (Lipinski definition) is 3. The molecule has 0 radical (unpaired) electrons. The van der Waals surface area contributed by atoms with E-state index in [1.807, 2.05) is 79.7 Å². The molecule has 0 aliphatic heterocycles. The van der Waals surface area contributed by atoms with Crippen molar-refractivity contribution in [2.45, 2.75) is 13.3 Å². The molecule has 0 bridgehead atoms. The van der Waals surface area contributed by atoms with Gasteiger partial charge in [0.15, 0.2) is 0 Å². The molecule has 0 aromatic heterocycles. The van der Waals surface area contributed by atoms with Crippen molar-refractivity contribution >= 4 is 22.5 Å². The molecule has 0 unspecified atom stereocenters. The molecule has 0 saturated heterocycles. The van der Waals surface area contributed by atoms with E-state index in [4.69, 9.17) is 4.84 Å². The first kappa shape index (κ1) is 15.0. The van der Waals surface area contributed by atoms with Crippen LogP contribution in [-0.2, 0) is 16.1 Å². The highest BCUT2D eigenvalue weighted by atomic mass is 16.7. The number of benzene rings is 3. The van der Waals surface area contributed by atoms with E-state index in [1.165, 1.54) is 0 Å². The van der Waals surface area contributed by atoms with Gasteiger partial charge in [-0.15, -0.1) is 0 Å². The predicted molar refractivity (Wildman–Crippen MR) is 92.4 cm³/mol. The van der Waals surface area contributed by atoms with Crippen molar-refractivity contribution in [2.75, 3.05) is 0 Å². The van der Waals surface area contributed by atoms with Crippen LogP contribution in [0.15, 0.2) is 78.0 Å². The third-order valence-corrected chi connectivity index (χ3v) is 3.66. The summed E-state index contributed by atoms with van der Waals surface area (Å²) in [5, 5.41) is 6.24. The molecule has 3 rings (SSSR count). The first-order chi connectivity index (χ1) is 11.2. The summed E-state index contributed by atoms with van der Waals surface area (Å²) < 4.78 is 0. The molecule has 114 valence electrons. The smallest absolute Gasteiger partial charge is 0.318 e. The van der Waals surface area contributed by atoms with Crippen molar-refractivity contribution in [2.24, 2.45) is 5.16 Å². The lowest BCUT2D eigenvalue weighted by Crippen LogP contribution is -2.06. The molecule has 0 spiro atoms. The summed E-state index contributed by atoms with van der Waals surface area (Å²) in [6.45, 7) is 1.84. The Morgan fingerprint density at radius 2 is 1.61 bits per heavy atom. The summed E-state index contributed by atoms with van der Waals surface area (Å²) in [4.78, 5) is 16.9. The maximum absolute atomic E-state index is 11.9. The van der Waals surface area contributed by atoms with Gasteiger partial charge in [-0.3, -0.25) is 0 Å². The Labute approximate surface area is 135 Å². The fourth-order valence-electron chi connectivity index (χ4n) is 2.50. The number of nitrogens with zero attached hydrogens (tertiary/aromatic N) is 1. The van der Waals surface area contributed by atoms with Gasteiger partial charge in [-0.25, -0.2) is 4.79 Å². The number of carbonyl (C=O) groups is 1. The minimum atomic E-state index is -0.365. The molecule has 0 aliphatic rings. The van der Waals surface area contributed by atoms with E-state index in [0.717, 1.165) is 21.9 Å². The van der Waals surface area contributed by atoms with Crippen molar-refractivity contribution in [1.29, 1.82) is 0 Å². The fourth-order valence-corrected chi connectivity index (χ4v) is 2.50. The Morgan fingerprint density at radius 1 is 0.913 bits per heavy atom. The van der Waals surface area contributed by atoms with E-state index in [-0.39, 0.29) is 12.4 Å². The van der Waals surface area contributed by atoms with E-state index >= 15 is 0 Å². The zero-order chi connectivity index (χ0) is 16.1. The van der Waals surface area contributed by atoms with Crippen LogP contribution in [0, 0.1) is 0 Å². The fraction of sp³-hybridized carbons (Fsp3) is 0.100. The lowest BCUT2D eigenvalue weighted by molar-refractivity contribution is -0.142. The third-order valence-electron chi connectivity index (χ3n) is 3.66. The van der Waals surface area contributed by atoms with Crippen LogP contribution in [0.1, 0.15) is 18.1 Å². The number of carbonyl (C=O) groups excluding carboxylic acids is 1. The topological polar surface area (TPSA) is 38.7 Å². The molecule has 3 heteroatoms. The SMILES string of the molecule is C/C(=N\OC(=O)Cc1ccccc1)c1cccc2ccccc12. The van der Waals surface area contributed by atoms with Gasteiger partial charge in [0.1, 0.15) is 0 Å². The Hall–Kier alpha value is -2.94. The second-order valence-corrected chi connectivity index (χ2v) is 5.33. The normalized spacial score (nSPS) is 11.4. The number of fused-ring (bicyclic) bond motifs is 1. The molecule has 3 aromatic carbocycles. The maximum atomic E-state index is 11.9. The van der Waals surface area contributed by atoms with Gasteiger partial charge in [-0.2, -0.15) is 0 Å². The van der Waals surface area contributed by atoms with Gasteiger partial charge in [0, 0.05) is 5.56 Å². The number of hydrogen-bond donors (Lipinski definition) is 0. The maximum Gasteiger partial charge on any atom is 0.339 e. The Bertz CT molecular complexity index is 848. The van der Waals surface area contributed by atoms with E-state index in [1.54, 1.807) is 0 Å². The molecule has 0 aliphatic carbocycles. The summed E-state index contributed by atoms with van der Waals surface area (Å²) in [5.74, 6) is -0.365. The Morgan fingerprint density at radius 3 is 2.43 bits per heavy atom. The summed E-state index contributed by atoms with van der Waals surface area (Å²) >= 11 is 0. The van der Waals surface area contributed by atoms with Crippen LogP contribution in [0.4, 0.5) is 0 Å². The minimum Gasteiger partial charge on any atom is -0.318 e. The van der Waals surface area contributed by atoms with Gasteiger partial charge in [0.2, 0.25) is 0 Å². The Kier molecular flexibility index (Phi) is 4.48. The molecule has 0 N–H and O–H groups in total. The summed E-state index contributed by atoms with van der Waals surface area (Å²) in [7, 11) is 0. The van der Waals surface area contributed by atoms with Crippen molar-refractivity contribution in [1.82, 2.24) is 0 Å². The molecular formula is C20H17NO2. The van der Waals surface area contributed by atoms with Crippen LogP contribution in [-0.4, -0.2) is 11.7 Å². The van der Waals surface area contributed by atoms with E-state index < -0.39 is 0 Å². The van der Waals surface area contributed by atoms with E-state index in [2.05, 4.69) is 5.16 Å². The highest BCUT2D eigenvalue weighted by Crippen LogP contribution is 2.19. The molecule has 0 heterocycles. The van der Waals surface area contributed by atoms with Crippen molar-refractivity contribution in [3.8, 4) is 0 Å². The minimum absolute atomic E-state index is 0.215. The van der Waals surface area contributed by atoms with Crippen LogP contribution in [0.2, 0.25) is 0 Å². The second-order valence-electron chi connectivity index (χ2n) is 5.33. The average molecular weight is 303 g/mol. The molecule has 3 aromatic rings. The highest BCUT2D eigenvalue weighted by Gasteiger charge is 2.07. The molecule has 3 nitrogen and oxygen atoms in total. The van der Waals surface area contributed by atoms with Crippen LogP contribution >= 0.6 is 0 Å². The first-order valence-electron chi connectivity index (χ1n) is 7.50. The lowest BCUT2D eigenvalue weighted by atomic mass is 10.0. The summed E-state index contributed by atoms with van der Waals surface area (Å²) in [5.41, 5.74) is 2.56. The first-order valence-corrected chi connectivity index (χ1v) is 7.50. The molecule has 0 saturated carbocycles. The predicted octanol–water partition coefficient (Wildman–Crippen LogP) is 4.35. The van der Waals surface area contributed by atoms with Gasteiger partial charge < -0.3 is 4.84 Å². The zero-order valence-electron chi connectivity index (χ0n) is 12.9. The molecule has 23 heavy (non-hydrogen) atoms. The largest absolute Gasteiger partial charge is 0.339 e.